The Kier molecular flexibility index (Phi) is 4.55. The summed E-state index contributed by atoms with van der Waals surface area (Å²) in [7, 11) is 1.69. The summed E-state index contributed by atoms with van der Waals surface area (Å²) in [6.07, 6.45) is 3.55. The molecule has 2 N–H and O–H groups in total. The Morgan fingerprint density at radius 2 is 2.43 bits per heavy atom. The topological polar surface area (TPSA) is 66.0 Å². The average Bonchev–Trinajstić information content (AvgIpc) is 2.65. The van der Waals surface area contributed by atoms with Crippen LogP contribution < -0.4 is 5.73 Å². The maximum Gasteiger partial charge on any atom is 0.149 e. The monoisotopic (exact) mass is 198 g/mol. The Labute approximate surface area is 84.3 Å². The smallest absolute Gasteiger partial charge is 0.149 e. The van der Waals surface area contributed by atoms with Crippen LogP contribution in [0.4, 0.5) is 0 Å². The first-order chi connectivity index (χ1) is 6.79. The molecular weight excluding hydrogens is 180 g/mol. The van der Waals surface area contributed by atoms with Crippen molar-refractivity contribution in [3.63, 3.8) is 0 Å². The van der Waals surface area contributed by atoms with E-state index >= 15 is 0 Å². The molecule has 0 aromatic carbocycles. The molecule has 1 aromatic heterocycles. The van der Waals surface area contributed by atoms with Gasteiger partial charge in [0.25, 0.3) is 0 Å². The minimum Gasteiger partial charge on any atom is -0.385 e. The molecule has 0 fully saturated rings. The number of nitrogens with zero attached hydrogens (tertiary/aromatic N) is 3. The number of hydrogen-bond donors (Lipinski definition) is 1. The Bertz CT molecular complexity index is 261. The van der Waals surface area contributed by atoms with Crippen LogP contribution in [0.25, 0.3) is 0 Å². The molecule has 0 saturated heterocycles. The molecule has 1 atom stereocenters. The van der Waals surface area contributed by atoms with Gasteiger partial charge in [0, 0.05) is 20.3 Å². The highest BCUT2D eigenvalue weighted by molar-refractivity contribution is 4.93. The van der Waals surface area contributed by atoms with Crippen LogP contribution in [0.1, 0.15) is 31.6 Å². The number of ether oxygens (including phenoxy) is 1. The van der Waals surface area contributed by atoms with Crippen LogP contribution >= 0.6 is 0 Å². The summed E-state index contributed by atoms with van der Waals surface area (Å²) in [6.45, 7) is 3.66. The van der Waals surface area contributed by atoms with Crippen LogP contribution in [-0.2, 0) is 11.3 Å². The molecule has 0 aliphatic rings. The van der Waals surface area contributed by atoms with Crippen LogP contribution in [0.2, 0.25) is 0 Å². The quantitative estimate of drug-likeness (QED) is 0.684. The third-order valence-corrected chi connectivity index (χ3v) is 2.18. The van der Waals surface area contributed by atoms with Crippen molar-refractivity contribution in [2.75, 3.05) is 13.7 Å². The van der Waals surface area contributed by atoms with Crippen molar-refractivity contribution >= 4 is 0 Å². The lowest BCUT2D eigenvalue weighted by molar-refractivity contribution is 0.190. The fourth-order valence-corrected chi connectivity index (χ4v) is 1.37. The Morgan fingerprint density at radius 3 is 3.07 bits per heavy atom. The van der Waals surface area contributed by atoms with E-state index in [9.17, 15) is 0 Å². The summed E-state index contributed by atoms with van der Waals surface area (Å²) >= 11 is 0. The maximum atomic E-state index is 5.98. The molecule has 0 bridgehead atoms. The van der Waals surface area contributed by atoms with Gasteiger partial charge in [0.05, 0.1) is 6.04 Å². The van der Waals surface area contributed by atoms with Crippen LogP contribution in [0.5, 0.6) is 0 Å². The van der Waals surface area contributed by atoms with E-state index in [0.29, 0.717) is 0 Å². The third-order valence-electron chi connectivity index (χ3n) is 2.18. The van der Waals surface area contributed by atoms with Crippen molar-refractivity contribution in [1.82, 2.24) is 14.8 Å². The number of hydrogen-bond acceptors (Lipinski definition) is 4. The summed E-state index contributed by atoms with van der Waals surface area (Å²) in [4.78, 5) is 0. The van der Waals surface area contributed by atoms with Crippen LogP contribution in [0.15, 0.2) is 6.33 Å². The molecule has 1 unspecified atom stereocenters. The minimum atomic E-state index is -0.0346. The lowest BCUT2D eigenvalue weighted by atomic mass is 10.1. The van der Waals surface area contributed by atoms with Gasteiger partial charge in [-0.05, 0) is 19.8 Å². The summed E-state index contributed by atoms with van der Waals surface area (Å²) in [5.41, 5.74) is 5.98. The maximum absolute atomic E-state index is 5.98. The van der Waals surface area contributed by atoms with Crippen LogP contribution in [0.3, 0.4) is 0 Å². The van der Waals surface area contributed by atoms with Gasteiger partial charge in [0.1, 0.15) is 12.2 Å². The fraction of sp³-hybridized carbons (Fsp3) is 0.778. The lowest BCUT2D eigenvalue weighted by Gasteiger charge is -2.11. The minimum absolute atomic E-state index is 0.0346. The van der Waals surface area contributed by atoms with E-state index in [4.69, 9.17) is 10.5 Å². The number of aromatic nitrogens is 3. The SMILES string of the molecule is CCn1cnnc1C(N)CCCOC. The molecule has 14 heavy (non-hydrogen) atoms. The molecule has 0 aliphatic heterocycles. The van der Waals surface area contributed by atoms with E-state index in [2.05, 4.69) is 17.1 Å². The third kappa shape index (κ3) is 2.78. The Balaban J connectivity index is 2.47. The first kappa shape index (κ1) is 11.1. The van der Waals surface area contributed by atoms with E-state index in [1.54, 1.807) is 13.4 Å². The van der Waals surface area contributed by atoms with E-state index < -0.39 is 0 Å². The van der Waals surface area contributed by atoms with Gasteiger partial charge in [-0.25, -0.2) is 0 Å². The number of nitrogens with two attached hydrogens (primary N) is 1. The molecule has 0 radical (unpaired) electrons. The van der Waals surface area contributed by atoms with E-state index in [1.807, 2.05) is 4.57 Å². The van der Waals surface area contributed by atoms with Crippen LogP contribution in [-0.4, -0.2) is 28.5 Å². The van der Waals surface area contributed by atoms with Gasteiger partial charge in [-0.15, -0.1) is 10.2 Å². The molecule has 1 aromatic rings. The predicted octanol–water partition coefficient (Wildman–Crippen LogP) is 0.724. The number of rotatable bonds is 6. The molecule has 0 spiro atoms. The van der Waals surface area contributed by atoms with Gasteiger partial charge < -0.3 is 15.0 Å². The first-order valence-corrected chi connectivity index (χ1v) is 4.91. The van der Waals surface area contributed by atoms with Gasteiger partial charge in [0.2, 0.25) is 0 Å². The fourth-order valence-electron chi connectivity index (χ4n) is 1.37. The average molecular weight is 198 g/mol. The van der Waals surface area contributed by atoms with Crippen molar-refractivity contribution < 1.29 is 4.74 Å². The van der Waals surface area contributed by atoms with Crippen LogP contribution in [0, 0.1) is 0 Å². The zero-order valence-corrected chi connectivity index (χ0v) is 8.81. The molecule has 5 nitrogen and oxygen atoms in total. The van der Waals surface area contributed by atoms with E-state index in [-0.39, 0.29) is 6.04 Å². The molecule has 1 rings (SSSR count). The van der Waals surface area contributed by atoms with Crippen molar-refractivity contribution in [2.45, 2.75) is 32.4 Å². The molecule has 80 valence electrons. The normalized spacial score (nSPS) is 13.1. The number of aryl methyl sites for hydroxylation is 1. The second-order valence-electron chi connectivity index (χ2n) is 3.22. The summed E-state index contributed by atoms with van der Waals surface area (Å²) in [5.74, 6) is 0.864. The van der Waals surface area contributed by atoms with Gasteiger partial charge in [0.15, 0.2) is 0 Å². The molecule has 5 heteroatoms. The first-order valence-electron chi connectivity index (χ1n) is 4.91. The van der Waals surface area contributed by atoms with Crippen molar-refractivity contribution in [2.24, 2.45) is 5.73 Å². The lowest BCUT2D eigenvalue weighted by Crippen LogP contribution is -2.16. The zero-order chi connectivity index (χ0) is 10.4. The molecule has 1 heterocycles. The van der Waals surface area contributed by atoms with Gasteiger partial charge in [-0.3, -0.25) is 0 Å². The molecular formula is C9H18N4O. The second kappa shape index (κ2) is 5.72. The highest BCUT2D eigenvalue weighted by Gasteiger charge is 2.11. The van der Waals surface area contributed by atoms with E-state index in [0.717, 1.165) is 31.8 Å². The second-order valence-corrected chi connectivity index (χ2v) is 3.22. The van der Waals surface area contributed by atoms with E-state index in [1.165, 1.54) is 0 Å². The molecule has 0 saturated carbocycles. The Hall–Kier alpha value is -0.940. The summed E-state index contributed by atoms with van der Waals surface area (Å²) in [5, 5.41) is 7.86. The summed E-state index contributed by atoms with van der Waals surface area (Å²) < 4.78 is 6.94. The van der Waals surface area contributed by atoms with Crippen molar-refractivity contribution in [1.29, 1.82) is 0 Å². The number of methoxy groups -OCH3 is 1. The summed E-state index contributed by atoms with van der Waals surface area (Å²) in [6, 6.07) is -0.0346. The standard InChI is InChI=1S/C9H18N4O/c1-3-13-7-11-12-9(13)8(10)5-4-6-14-2/h7-8H,3-6,10H2,1-2H3. The largest absolute Gasteiger partial charge is 0.385 e. The van der Waals surface area contributed by atoms with Crippen molar-refractivity contribution in [3.05, 3.63) is 12.2 Å². The highest BCUT2D eigenvalue weighted by atomic mass is 16.5. The van der Waals surface area contributed by atoms with Gasteiger partial charge in [-0.2, -0.15) is 0 Å². The van der Waals surface area contributed by atoms with Gasteiger partial charge >= 0.3 is 0 Å². The van der Waals surface area contributed by atoms with Crippen molar-refractivity contribution in [3.8, 4) is 0 Å². The highest BCUT2D eigenvalue weighted by Crippen LogP contribution is 2.12. The molecule has 0 amide bonds. The zero-order valence-electron chi connectivity index (χ0n) is 8.81. The molecule has 0 aliphatic carbocycles. The van der Waals surface area contributed by atoms with Gasteiger partial charge in [-0.1, -0.05) is 0 Å². The predicted molar refractivity (Wildman–Crippen MR) is 53.7 cm³/mol. The Morgan fingerprint density at radius 1 is 1.64 bits per heavy atom.